The fourth-order valence-electron chi connectivity index (χ4n) is 8.65. The van der Waals surface area contributed by atoms with Crippen molar-refractivity contribution in [2.24, 2.45) is 0 Å². The van der Waals surface area contributed by atoms with E-state index in [0.717, 1.165) is 51.4 Å². The van der Waals surface area contributed by atoms with Crippen molar-refractivity contribution in [1.29, 1.82) is 0 Å². The molecule has 9 N–H and O–H groups in total. The van der Waals surface area contributed by atoms with Crippen molar-refractivity contribution in [3.8, 4) is 0 Å². The van der Waals surface area contributed by atoms with Gasteiger partial charge in [-0.15, -0.1) is 0 Å². The Balaban J connectivity index is 1.75. The van der Waals surface area contributed by atoms with Crippen LogP contribution < -0.4 is 5.32 Å². The number of ether oxygens (including phenoxy) is 4. The van der Waals surface area contributed by atoms with Gasteiger partial charge in [-0.2, -0.15) is 0 Å². The number of aliphatic hydroxyl groups is 8. The Kier molecular flexibility index (Phi) is 33.3. The molecule has 62 heavy (non-hydrogen) atoms. The second kappa shape index (κ2) is 36.2. The van der Waals surface area contributed by atoms with Gasteiger partial charge < -0.3 is 65.1 Å². The van der Waals surface area contributed by atoms with Crippen LogP contribution >= 0.6 is 0 Å². The van der Waals surface area contributed by atoms with Crippen LogP contribution in [0, 0.1) is 0 Å². The highest BCUT2D eigenvalue weighted by atomic mass is 16.7. The largest absolute Gasteiger partial charge is 0.394 e. The summed E-state index contributed by atoms with van der Waals surface area (Å²) < 4.78 is 22.7. The molecule has 2 aliphatic heterocycles. The second-order valence-electron chi connectivity index (χ2n) is 18.3. The van der Waals surface area contributed by atoms with E-state index in [1.54, 1.807) is 0 Å². The number of carbonyl (C=O) groups is 1. The number of hydrogen-bond donors (Lipinski definition) is 9. The van der Waals surface area contributed by atoms with Gasteiger partial charge in [-0.25, -0.2) is 0 Å². The zero-order chi connectivity index (χ0) is 45.4. The van der Waals surface area contributed by atoms with E-state index in [1.165, 1.54) is 128 Å². The maximum atomic E-state index is 13.0. The van der Waals surface area contributed by atoms with Crippen LogP contribution in [0.15, 0.2) is 0 Å². The van der Waals surface area contributed by atoms with Crippen molar-refractivity contribution in [1.82, 2.24) is 5.32 Å². The number of carbonyl (C=O) groups excluding carboxylic acids is 1. The van der Waals surface area contributed by atoms with Crippen LogP contribution in [-0.4, -0.2) is 140 Å². The first kappa shape index (κ1) is 57.1. The topological polar surface area (TPSA) is 228 Å². The number of nitrogens with one attached hydrogen (secondary N) is 1. The summed E-state index contributed by atoms with van der Waals surface area (Å²) in [6.45, 7) is 2.81. The first-order valence-corrected chi connectivity index (χ1v) is 25.3. The predicted molar refractivity (Wildman–Crippen MR) is 240 cm³/mol. The van der Waals surface area contributed by atoms with Gasteiger partial charge in [0.1, 0.15) is 48.8 Å². The summed E-state index contributed by atoms with van der Waals surface area (Å²) in [4.78, 5) is 13.0. The van der Waals surface area contributed by atoms with Gasteiger partial charge in [0.05, 0.1) is 32.0 Å². The van der Waals surface area contributed by atoms with Crippen LogP contribution in [0.4, 0.5) is 0 Å². The van der Waals surface area contributed by atoms with Gasteiger partial charge in [0.25, 0.3) is 0 Å². The molecule has 0 spiro atoms. The molecule has 0 radical (unpaired) electrons. The lowest BCUT2D eigenvalue weighted by atomic mass is 9.97. The minimum Gasteiger partial charge on any atom is -0.394 e. The molecule has 2 rings (SSSR count). The molecule has 2 heterocycles. The summed E-state index contributed by atoms with van der Waals surface area (Å²) in [5, 5.41) is 86.6. The summed E-state index contributed by atoms with van der Waals surface area (Å²) in [5.41, 5.74) is 0. The molecule has 2 saturated heterocycles. The molecule has 368 valence electrons. The minimum atomic E-state index is -1.78. The Morgan fingerprint density at radius 2 is 0.919 bits per heavy atom. The Morgan fingerprint density at radius 1 is 0.516 bits per heavy atom. The molecule has 14 nitrogen and oxygen atoms in total. The Labute approximate surface area is 374 Å². The molecule has 0 bridgehead atoms. The molecular weight excluding hydrogens is 799 g/mol. The number of unbranched alkanes of at least 4 members (excludes halogenated alkanes) is 26. The first-order valence-electron chi connectivity index (χ1n) is 25.3. The van der Waals surface area contributed by atoms with Crippen LogP contribution in [0.2, 0.25) is 0 Å². The summed E-state index contributed by atoms with van der Waals surface area (Å²) in [7, 11) is 0. The van der Waals surface area contributed by atoms with Crippen LogP contribution in [0.5, 0.6) is 0 Å². The lowest BCUT2D eigenvalue weighted by Crippen LogP contribution is -2.65. The molecule has 1 amide bonds. The lowest BCUT2D eigenvalue weighted by molar-refractivity contribution is -0.359. The highest BCUT2D eigenvalue weighted by Crippen LogP contribution is 2.30. The third kappa shape index (κ3) is 23.4. The molecule has 2 fully saturated rings. The maximum absolute atomic E-state index is 13.0. The number of amides is 1. The van der Waals surface area contributed by atoms with Crippen molar-refractivity contribution in [3.63, 3.8) is 0 Å². The molecular formula is C48H93NO13. The van der Waals surface area contributed by atoms with Crippen LogP contribution in [0.25, 0.3) is 0 Å². The van der Waals surface area contributed by atoms with Gasteiger partial charge >= 0.3 is 0 Å². The molecule has 2 aliphatic rings. The van der Waals surface area contributed by atoms with E-state index in [2.05, 4.69) is 19.2 Å². The van der Waals surface area contributed by atoms with Gasteiger partial charge in [0, 0.05) is 6.42 Å². The van der Waals surface area contributed by atoms with Gasteiger partial charge in [-0.3, -0.25) is 4.79 Å². The molecule has 0 aliphatic carbocycles. The zero-order valence-electron chi connectivity index (χ0n) is 38.9. The quantitative estimate of drug-likeness (QED) is 0.0313. The fraction of sp³-hybridized carbons (Fsp3) is 0.979. The smallest absolute Gasteiger partial charge is 0.220 e. The van der Waals surface area contributed by atoms with Crippen LogP contribution in [0.3, 0.4) is 0 Å². The Hall–Kier alpha value is -1.01. The van der Waals surface area contributed by atoms with Crippen molar-refractivity contribution >= 4 is 5.91 Å². The summed E-state index contributed by atoms with van der Waals surface area (Å²) in [6, 6.07) is -0.819. The van der Waals surface area contributed by atoms with Gasteiger partial charge in [-0.1, -0.05) is 187 Å². The van der Waals surface area contributed by atoms with E-state index in [1.807, 2.05) is 0 Å². The normalized spacial score (nSPS) is 27.6. The van der Waals surface area contributed by atoms with E-state index >= 15 is 0 Å². The van der Waals surface area contributed by atoms with E-state index in [9.17, 15) is 45.6 Å². The van der Waals surface area contributed by atoms with Crippen molar-refractivity contribution in [2.75, 3.05) is 19.8 Å². The highest BCUT2D eigenvalue weighted by Gasteiger charge is 2.51. The Bertz CT molecular complexity index is 1060. The number of aliphatic hydroxyl groups excluding tert-OH is 8. The van der Waals surface area contributed by atoms with E-state index < -0.39 is 86.8 Å². The number of rotatable bonds is 39. The molecule has 0 aromatic rings. The van der Waals surface area contributed by atoms with Crippen LogP contribution in [0.1, 0.15) is 206 Å². The monoisotopic (exact) mass is 892 g/mol. The average molecular weight is 892 g/mol. The molecule has 0 aromatic heterocycles. The third-order valence-electron chi connectivity index (χ3n) is 12.8. The van der Waals surface area contributed by atoms with Crippen LogP contribution in [-0.2, 0) is 23.7 Å². The Morgan fingerprint density at radius 3 is 1.37 bits per heavy atom. The first-order chi connectivity index (χ1) is 30.1. The molecule has 0 aromatic carbocycles. The second-order valence-corrected chi connectivity index (χ2v) is 18.3. The van der Waals surface area contributed by atoms with Crippen molar-refractivity contribution in [3.05, 3.63) is 0 Å². The maximum Gasteiger partial charge on any atom is 0.220 e. The third-order valence-corrected chi connectivity index (χ3v) is 12.8. The lowest BCUT2D eigenvalue weighted by Gasteiger charge is -2.46. The van der Waals surface area contributed by atoms with Gasteiger partial charge in [0.15, 0.2) is 12.6 Å². The fourth-order valence-corrected chi connectivity index (χ4v) is 8.65. The SMILES string of the molecule is CCCCCCCCCCCCCCCCCCCCCCCC(O)C(COC1OC(CO)C(OC2OC(CO)C(O)C(O)C2O)C(O)C1O)NC(=O)CCCCCCCCC. The van der Waals surface area contributed by atoms with Gasteiger partial charge in [0.2, 0.25) is 5.91 Å². The zero-order valence-corrected chi connectivity index (χ0v) is 38.9. The molecule has 0 saturated carbocycles. The van der Waals surface area contributed by atoms with E-state index in [4.69, 9.17) is 18.9 Å². The van der Waals surface area contributed by atoms with Gasteiger partial charge in [-0.05, 0) is 12.8 Å². The standard InChI is InChI=1S/C48H93NO13/c1-3-5-7-9-11-12-13-14-15-16-17-18-19-20-21-22-23-24-26-27-29-31-37(52)36(49-40(53)32-30-28-25-10-8-6-4-2)35-59-47-45(58)43(56)46(39(34-51)61-47)62-48-44(57)42(55)41(54)38(33-50)60-48/h36-39,41-48,50-52,54-58H,3-35H2,1-2H3,(H,49,53). The highest BCUT2D eigenvalue weighted by molar-refractivity contribution is 5.76. The van der Waals surface area contributed by atoms with E-state index in [-0.39, 0.29) is 12.5 Å². The molecule has 12 unspecified atom stereocenters. The summed E-state index contributed by atoms with van der Waals surface area (Å²) in [5.74, 6) is -0.212. The summed E-state index contributed by atoms with van der Waals surface area (Å²) >= 11 is 0. The van der Waals surface area contributed by atoms with Crippen molar-refractivity contribution in [2.45, 2.75) is 280 Å². The van der Waals surface area contributed by atoms with Crippen molar-refractivity contribution < 1.29 is 64.6 Å². The summed E-state index contributed by atoms with van der Waals surface area (Å²) in [6.07, 6.45) is 18.6. The van der Waals surface area contributed by atoms with E-state index in [0.29, 0.717) is 12.8 Å². The molecule has 12 atom stereocenters. The predicted octanol–water partition coefficient (Wildman–Crippen LogP) is 6.22. The number of hydrogen-bond acceptors (Lipinski definition) is 13. The molecule has 14 heteroatoms. The average Bonchev–Trinajstić information content (AvgIpc) is 3.27. The minimum absolute atomic E-state index is 0.212.